The van der Waals surface area contributed by atoms with E-state index >= 15 is 0 Å². The first kappa shape index (κ1) is 24.2. The first-order chi connectivity index (χ1) is 18.4. The monoisotopic (exact) mass is 510 g/mol. The minimum atomic E-state index is -0.381. The van der Waals surface area contributed by atoms with Gasteiger partial charge < -0.3 is 21.3 Å². The van der Waals surface area contributed by atoms with E-state index < -0.39 is 0 Å². The molecule has 0 aliphatic carbocycles. The van der Waals surface area contributed by atoms with Crippen molar-refractivity contribution in [2.45, 2.75) is 0 Å². The fourth-order valence-corrected chi connectivity index (χ4v) is 3.64. The Hall–Kier alpha value is -5.52. The summed E-state index contributed by atoms with van der Waals surface area (Å²) in [6.45, 7) is 0. The zero-order valence-corrected chi connectivity index (χ0v) is 20.7. The molecule has 2 heterocycles. The molecule has 5 aromatic rings. The molecule has 0 fully saturated rings. The number of nitrogens with one attached hydrogen (secondary N) is 4. The molecule has 0 radical (unpaired) electrons. The van der Waals surface area contributed by atoms with E-state index in [4.69, 9.17) is 0 Å². The zero-order valence-electron chi connectivity index (χ0n) is 20.7. The Morgan fingerprint density at radius 2 is 0.842 bits per heavy atom. The fraction of sp³-hybridized carbons (Fsp3) is 0.0769. The van der Waals surface area contributed by atoms with Crippen LogP contribution in [-0.4, -0.2) is 31.9 Å². The number of nitrogens with zero attached hydrogens (tertiary/aromatic N) is 6. The number of rotatable bonds is 6. The maximum Gasteiger partial charge on any atom is 0.323 e. The summed E-state index contributed by atoms with van der Waals surface area (Å²) < 4.78 is 6.88. The normalized spacial score (nSPS) is 10.6. The number of anilines is 4. The highest BCUT2D eigenvalue weighted by molar-refractivity contribution is 6.01. The van der Waals surface area contributed by atoms with Crippen LogP contribution in [0.15, 0.2) is 97.6 Å². The lowest BCUT2D eigenvalue weighted by Crippen LogP contribution is -2.30. The standard InChI is InChI=1S/C26H24N10O2/c1-33-15-17-35(31-33)23-11-7-21(8-12-23)29-25(37)27-19-3-5-20(6-4-19)28-26(38)30-22-9-13-24(14-10-22)36-18-16-34(2)32-36/h3-18,31H,1-2H3,(H-,29,30,32,37,38)/p+2. The van der Waals surface area contributed by atoms with Crippen LogP contribution in [0.2, 0.25) is 0 Å². The van der Waals surface area contributed by atoms with Crippen molar-refractivity contribution in [1.29, 1.82) is 0 Å². The molecule has 2 aromatic heterocycles. The van der Waals surface area contributed by atoms with Crippen LogP contribution in [0.25, 0.3) is 11.4 Å². The maximum absolute atomic E-state index is 12.4. The topological polar surface area (TPSA) is 126 Å². The SMILES string of the molecule is C[n+]1ccn(-c2ccc(NC(=O)Nc3ccc(NC(=O)Nc4ccc(-n5cc[n+](C)n5)cc4)cc3)cc2)n1. The smallest absolute Gasteiger partial charge is 0.308 e. The third kappa shape index (κ3) is 5.99. The van der Waals surface area contributed by atoms with Crippen molar-refractivity contribution in [1.82, 2.24) is 19.8 Å². The van der Waals surface area contributed by atoms with Crippen LogP contribution in [0, 0.1) is 0 Å². The molecule has 0 aliphatic heterocycles. The summed E-state index contributed by atoms with van der Waals surface area (Å²) in [6.07, 6.45) is 7.37. The lowest BCUT2D eigenvalue weighted by molar-refractivity contribution is -0.731. The van der Waals surface area contributed by atoms with E-state index in [-0.39, 0.29) is 12.1 Å². The summed E-state index contributed by atoms with van der Waals surface area (Å²) >= 11 is 0. The molecule has 190 valence electrons. The molecule has 0 bridgehead atoms. The Labute approximate surface area is 218 Å². The third-order valence-electron chi connectivity index (χ3n) is 5.50. The third-order valence-corrected chi connectivity index (χ3v) is 5.50. The fourth-order valence-electron chi connectivity index (χ4n) is 3.64. The van der Waals surface area contributed by atoms with Gasteiger partial charge in [-0.25, -0.2) is 9.59 Å². The van der Waals surface area contributed by atoms with Crippen LogP contribution in [0.1, 0.15) is 0 Å². The highest BCUT2D eigenvalue weighted by atomic mass is 16.2. The first-order valence-electron chi connectivity index (χ1n) is 11.7. The molecule has 0 aliphatic rings. The van der Waals surface area contributed by atoms with Gasteiger partial charge in [0.1, 0.15) is 14.1 Å². The number of carbonyl (C=O) groups is 2. The molecular weight excluding hydrogens is 484 g/mol. The molecule has 0 saturated carbocycles. The van der Waals surface area contributed by atoms with Crippen LogP contribution in [0.4, 0.5) is 32.3 Å². The summed E-state index contributed by atoms with van der Waals surface area (Å²) in [5.41, 5.74) is 4.20. The van der Waals surface area contributed by atoms with Gasteiger partial charge in [0.05, 0.1) is 10.4 Å². The van der Waals surface area contributed by atoms with Crippen molar-refractivity contribution in [3.63, 3.8) is 0 Å². The maximum atomic E-state index is 12.4. The first-order valence-corrected chi connectivity index (χ1v) is 11.7. The Morgan fingerprint density at radius 1 is 0.553 bits per heavy atom. The number of aromatic nitrogens is 6. The molecule has 0 atom stereocenters. The second kappa shape index (κ2) is 10.6. The van der Waals surface area contributed by atoms with Gasteiger partial charge in [-0.2, -0.15) is 0 Å². The molecular formula is C26H26N10O2+2. The Morgan fingerprint density at radius 3 is 1.11 bits per heavy atom. The Kier molecular flexibility index (Phi) is 6.76. The van der Waals surface area contributed by atoms with Crippen molar-refractivity contribution < 1.29 is 19.0 Å². The highest BCUT2D eigenvalue weighted by Gasteiger charge is 2.09. The van der Waals surface area contributed by atoms with Gasteiger partial charge in [-0.15, -0.1) is 18.7 Å². The summed E-state index contributed by atoms with van der Waals surface area (Å²) in [5, 5.41) is 19.7. The molecule has 0 unspecified atom stereocenters. The summed E-state index contributed by atoms with van der Waals surface area (Å²) in [6, 6.07) is 20.7. The lowest BCUT2D eigenvalue weighted by Gasteiger charge is -2.10. The van der Waals surface area contributed by atoms with Crippen molar-refractivity contribution in [2.75, 3.05) is 21.3 Å². The van der Waals surface area contributed by atoms with Gasteiger partial charge in [0.25, 0.3) is 0 Å². The van der Waals surface area contributed by atoms with Gasteiger partial charge in [-0.3, -0.25) is 0 Å². The van der Waals surface area contributed by atoms with Crippen molar-refractivity contribution in [3.05, 3.63) is 97.6 Å². The van der Waals surface area contributed by atoms with E-state index in [2.05, 4.69) is 31.7 Å². The number of urea groups is 2. The van der Waals surface area contributed by atoms with Crippen LogP contribution < -0.4 is 30.6 Å². The minimum Gasteiger partial charge on any atom is -0.308 e. The van der Waals surface area contributed by atoms with Gasteiger partial charge in [0, 0.05) is 22.7 Å². The number of amides is 4. The minimum absolute atomic E-state index is 0.381. The van der Waals surface area contributed by atoms with E-state index in [1.54, 1.807) is 67.3 Å². The number of hydrogen-bond acceptors (Lipinski definition) is 4. The predicted octanol–water partition coefficient (Wildman–Crippen LogP) is 3.00. The zero-order chi connectivity index (χ0) is 26.5. The second-order valence-electron chi connectivity index (χ2n) is 8.44. The molecule has 0 saturated heterocycles. The van der Waals surface area contributed by atoms with E-state index in [1.165, 1.54) is 0 Å². The lowest BCUT2D eigenvalue weighted by atomic mass is 10.2. The van der Waals surface area contributed by atoms with E-state index in [9.17, 15) is 9.59 Å². The highest BCUT2D eigenvalue weighted by Crippen LogP contribution is 2.17. The van der Waals surface area contributed by atoms with E-state index in [1.807, 2.05) is 63.1 Å². The largest absolute Gasteiger partial charge is 0.323 e. The van der Waals surface area contributed by atoms with Gasteiger partial charge in [0.2, 0.25) is 0 Å². The summed E-state index contributed by atoms with van der Waals surface area (Å²) in [5.74, 6) is 0. The average molecular weight is 511 g/mol. The quantitative estimate of drug-likeness (QED) is 0.262. The molecule has 0 spiro atoms. The molecule has 12 nitrogen and oxygen atoms in total. The predicted molar refractivity (Wildman–Crippen MR) is 141 cm³/mol. The molecule has 4 N–H and O–H groups in total. The summed E-state index contributed by atoms with van der Waals surface area (Å²) in [4.78, 5) is 24.8. The van der Waals surface area contributed by atoms with Crippen molar-refractivity contribution in [3.8, 4) is 11.4 Å². The molecule has 3 aromatic carbocycles. The van der Waals surface area contributed by atoms with Crippen molar-refractivity contribution in [2.24, 2.45) is 14.1 Å². The van der Waals surface area contributed by atoms with Gasteiger partial charge in [0.15, 0.2) is 36.2 Å². The number of carbonyl (C=O) groups excluding carboxylic acids is 2. The number of hydrogen-bond donors (Lipinski definition) is 4. The van der Waals surface area contributed by atoms with Gasteiger partial charge in [-0.05, 0) is 72.8 Å². The molecule has 4 amide bonds. The Bertz CT molecular complexity index is 1440. The number of benzene rings is 3. The molecule has 5 rings (SSSR count). The summed E-state index contributed by atoms with van der Waals surface area (Å²) in [7, 11) is 3.69. The Balaban J connectivity index is 1.10. The van der Waals surface area contributed by atoms with Crippen LogP contribution in [-0.2, 0) is 14.1 Å². The van der Waals surface area contributed by atoms with Crippen molar-refractivity contribution >= 4 is 34.8 Å². The molecule has 12 heteroatoms. The van der Waals surface area contributed by atoms with Crippen LogP contribution >= 0.6 is 0 Å². The number of aryl methyl sites for hydroxylation is 2. The van der Waals surface area contributed by atoms with Gasteiger partial charge in [-0.1, -0.05) is 0 Å². The second-order valence-corrected chi connectivity index (χ2v) is 8.44. The van der Waals surface area contributed by atoms with Crippen LogP contribution in [0.3, 0.4) is 0 Å². The van der Waals surface area contributed by atoms with E-state index in [0.29, 0.717) is 22.7 Å². The van der Waals surface area contributed by atoms with E-state index in [0.717, 1.165) is 11.4 Å². The molecule has 38 heavy (non-hydrogen) atoms. The average Bonchev–Trinajstić information content (AvgIpc) is 3.54. The van der Waals surface area contributed by atoms with Crippen LogP contribution in [0.5, 0.6) is 0 Å². The van der Waals surface area contributed by atoms with Gasteiger partial charge >= 0.3 is 12.1 Å².